The highest BCUT2D eigenvalue weighted by molar-refractivity contribution is 5.14. The second kappa shape index (κ2) is 6.15. The molecule has 2 aromatic rings. The van der Waals surface area contributed by atoms with E-state index in [1.807, 2.05) is 6.07 Å². The first-order chi connectivity index (χ1) is 9.88. The number of hydrogen-bond acceptors (Lipinski definition) is 4. The van der Waals surface area contributed by atoms with Crippen molar-refractivity contribution in [1.29, 1.82) is 0 Å². The molecule has 1 atom stereocenters. The minimum Gasteiger partial charge on any atom is -0.371 e. The molecule has 1 aliphatic heterocycles. The molecule has 0 fully saturated rings. The Morgan fingerprint density at radius 1 is 1.25 bits per heavy atom. The largest absolute Gasteiger partial charge is 0.371 e. The first-order valence-electron chi connectivity index (χ1n) is 7.13. The van der Waals surface area contributed by atoms with Crippen molar-refractivity contribution in [3.8, 4) is 0 Å². The third-order valence-corrected chi connectivity index (χ3v) is 3.67. The molecule has 1 aliphatic rings. The van der Waals surface area contributed by atoms with Gasteiger partial charge in [-0.05, 0) is 12.0 Å². The second-order valence-electron chi connectivity index (χ2n) is 5.07. The average Bonchev–Trinajstić information content (AvgIpc) is 2.92. The minimum absolute atomic E-state index is 0.363. The zero-order valence-corrected chi connectivity index (χ0v) is 11.7. The summed E-state index contributed by atoms with van der Waals surface area (Å²) < 4.78 is 7.78. The van der Waals surface area contributed by atoms with E-state index in [2.05, 4.69) is 51.3 Å². The van der Waals surface area contributed by atoms with Crippen LogP contribution in [0.3, 0.4) is 0 Å². The maximum Gasteiger partial charge on any atom is 0.159 e. The lowest BCUT2D eigenvalue weighted by molar-refractivity contribution is 0.0522. The van der Waals surface area contributed by atoms with Crippen LogP contribution in [0, 0.1) is 0 Å². The van der Waals surface area contributed by atoms with Crippen LogP contribution in [0.15, 0.2) is 30.3 Å². The van der Waals surface area contributed by atoms with E-state index in [1.165, 1.54) is 5.56 Å². The van der Waals surface area contributed by atoms with Gasteiger partial charge in [-0.25, -0.2) is 0 Å². The summed E-state index contributed by atoms with van der Waals surface area (Å²) in [6.07, 6.45) is 1.04. The van der Waals surface area contributed by atoms with Crippen LogP contribution in [0.2, 0.25) is 0 Å². The molecule has 1 N–H and O–H groups in total. The normalized spacial score (nSPS) is 17.9. The van der Waals surface area contributed by atoms with Gasteiger partial charge in [0.1, 0.15) is 12.4 Å². The third kappa shape index (κ3) is 2.73. The highest BCUT2D eigenvalue weighted by atomic mass is 16.5. The van der Waals surface area contributed by atoms with Crippen molar-refractivity contribution < 1.29 is 4.74 Å². The summed E-state index contributed by atoms with van der Waals surface area (Å²) in [5, 5.41) is 12.0. The Morgan fingerprint density at radius 3 is 2.90 bits per heavy atom. The van der Waals surface area contributed by atoms with E-state index in [0.29, 0.717) is 12.6 Å². The Hall–Kier alpha value is -1.72. The molecule has 0 spiro atoms. The molecule has 0 bridgehead atoms. The van der Waals surface area contributed by atoms with E-state index in [0.717, 1.165) is 37.8 Å². The van der Waals surface area contributed by atoms with Crippen LogP contribution in [0.4, 0.5) is 0 Å². The molecule has 20 heavy (non-hydrogen) atoms. The van der Waals surface area contributed by atoms with Gasteiger partial charge in [0.25, 0.3) is 0 Å². The molecule has 1 aromatic heterocycles. The molecule has 0 radical (unpaired) electrons. The van der Waals surface area contributed by atoms with Crippen molar-refractivity contribution in [3.63, 3.8) is 0 Å². The number of benzene rings is 1. The number of ether oxygens (including phenoxy) is 1. The molecule has 0 amide bonds. The Balaban J connectivity index is 1.65. The van der Waals surface area contributed by atoms with E-state index in [4.69, 9.17) is 4.74 Å². The smallest absolute Gasteiger partial charge is 0.159 e. The molecule has 0 saturated carbocycles. The highest BCUT2D eigenvalue weighted by Gasteiger charge is 2.23. The van der Waals surface area contributed by atoms with E-state index in [9.17, 15) is 0 Å². The van der Waals surface area contributed by atoms with Gasteiger partial charge in [-0.1, -0.05) is 37.3 Å². The van der Waals surface area contributed by atoms with E-state index < -0.39 is 0 Å². The summed E-state index contributed by atoms with van der Waals surface area (Å²) in [6, 6.07) is 10.7. The average molecular weight is 272 g/mol. The molecule has 5 nitrogen and oxygen atoms in total. The molecule has 0 aliphatic carbocycles. The Labute approximate surface area is 119 Å². The van der Waals surface area contributed by atoms with Gasteiger partial charge in [0.05, 0.1) is 19.2 Å². The summed E-state index contributed by atoms with van der Waals surface area (Å²) in [5.74, 6) is 1.95. The fourth-order valence-electron chi connectivity index (χ4n) is 2.58. The molecule has 3 rings (SSSR count). The first kappa shape index (κ1) is 13.3. The van der Waals surface area contributed by atoms with Crippen LogP contribution in [0.25, 0.3) is 0 Å². The van der Waals surface area contributed by atoms with Gasteiger partial charge in [0.15, 0.2) is 5.82 Å². The first-order valence-corrected chi connectivity index (χ1v) is 7.13. The fourth-order valence-corrected chi connectivity index (χ4v) is 2.58. The van der Waals surface area contributed by atoms with Gasteiger partial charge >= 0.3 is 0 Å². The minimum atomic E-state index is 0.363. The van der Waals surface area contributed by atoms with Gasteiger partial charge in [-0.2, -0.15) is 0 Å². The van der Waals surface area contributed by atoms with Gasteiger partial charge in [0.2, 0.25) is 0 Å². The number of nitrogens with zero attached hydrogens (tertiary/aromatic N) is 3. The quantitative estimate of drug-likeness (QED) is 0.905. The SMILES string of the molecule is CCC1COCc2nnc(CNCc3ccccc3)n21. The van der Waals surface area contributed by atoms with Crippen LogP contribution >= 0.6 is 0 Å². The Morgan fingerprint density at radius 2 is 2.10 bits per heavy atom. The lowest BCUT2D eigenvalue weighted by Gasteiger charge is -2.25. The zero-order chi connectivity index (χ0) is 13.8. The van der Waals surface area contributed by atoms with Crippen LogP contribution in [-0.4, -0.2) is 21.4 Å². The molecule has 1 aromatic carbocycles. The Bertz CT molecular complexity index is 552. The molecular weight excluding hydrogens is 252 g/mol. The summed E-state index contributed by atoms with van der Waals surface area (Å²) in [5.41, 5.74) is 1.28. The maximum atomic E-state index is 5.54. The van der Waals surface area contributed by atoms with Crippen LogP contribution < -0.4 is 5.32 Å². The Kier molecular flexibility index (Phi) is 4.08. The third-order valence-electron chi connectivity index (χ3n) is 3.67. The van der Waals surface area contributed by atoms with Crippen molar-refractivity contribution in [3.05, 3.63) is 47.5 Å². The van der Waals surface area contributed by atoms with Gasteiger partial charge in [0, 0.05) is 6.54 Å². The summed E-state index contributed by atoms with van der Waals surface area (Å²) >= 11 is 0. The fraction of sp³-hybridized carbons (Fsp3) is 0.467. The number of rotatable bonds is 5. The second-order valence-corrected chi connectivity index (χ2v) is 5.07. The number of fused-ring (bicyclic) bond motifs is 1. The molecular formula is C15H20N4O. The van der Waals surface area contributed by atoms with Crippen LogP contribution in [-0.2, 0) is 24.4 Å². The predicted octanol–water partition coefficient (Wildman–Crippen LogP) is 2.05. The molecule has 106 valence electrons. The van der Waals surface area contributed by atoms with Crippen molar-refractivity contribution in [2.45, 2.75) is 39.1 Å². The maximum absolute atomic E-state index is 5.54. The van der Waals surface area contributed by atoms with Gasteiger partial charge in [-0.15, -0.1) is 10.2 Å². The zero-order valence-electron chi connectivity index (χ0n) is 11.7. The monoisotopic (exact) mass is 272 g/mol. The van der Waals surface area contributed by atoms with Crippen LogP contribution in [0.1, 0.15) is 36.6 Å². The van der Waals surface area contributed by atoms with E-state index in [-0.39, 0.29) is 0 Å². The van der Waals surface area contributed by atoms with Crippen molar-refractivity contribution in [2.75, 3.05) is 6.61 Å². The van der Waals surface area contributed by atoms with Crippen molar-refractivity contribution in [1.82, 2.24) is 20.1 Å². The molecule has 1 unspecified atom stereocenters. The van der Waals surface area contributed by atoms with Gasteiger partial charge in [-0.3, -0.25) is 0 Å². The van der Waals surface area contributed by atoms with E-state index in [1.54, 1.807) is 0 Å². The van der Waals surface area contributed by atoms with Crippen LogP contribution in [0.5, 0.6) is 0 Å². The topological polar surface area (TPSA) is 52.0 Å². The lowest BCUT2D eigenvalue weighted by Crippen LogP contribution is -2.26. The lowest BCUT2D eigenvalue weighted by atomic mass is 10.2. The van der Waals surface area contributed by atoms with E-state index >= 15 is 0 Å². The number of aromatic nitrogens is 3. The highest BCUT2D eigenvalue weighted by Crippen LogP contribution is 2.21. The summed E-state index contributed by atoms with van der Waals surface area (Å²) in [4.78, 5) is 0. The molecule has 5 heteroatoms. The van der Waals surface area contributed by atoms with Crippen molar-refractivity contribution >= 4 is 0 Å². The predicted molar refractivity (Wildman–Crippen MR) is 76.0 cm³/mol. The molecule has 0 saturated heterocycles. The summed E-state index contributed by atoms with van der Waals surface area (Å²) in [7, 11) is 0. The number of nitrogens with one attached hydrogen (secondary N) is 1. The molecule has 2 heterocycles. The summed E-state index contributed by atoms with van der Waals surface area (Å²) in [6.45, 7) is 5.08. The standard InChI is InChI=1S/C15H20N4O/c1-2-13-10-20-11-15-18-17-14(19(13)15)9-16-8-12-6-4-3-5-7-12/h3-7,13,16H,2,8-11H2,1H3. The van der Waals surface area contributed by atoms with Crippen molar-refractivity contribution in [2.24, 2.45) is 0 Å². The number of hydrogen-bond donors (Lipinski definition) is 1. The van der Waals surface area contributed by atoms with Gasteiger partial charge < -0.3 is 14.6 Å².